The Kier molecular flexibility index (Phi) is 6.80. The predicted octanol–water partition coefficient (Wildman–Crippen LogP) is 2.08. The number of carbonyl (C=O) groups excluding carboxylic acids is 1. The summed E-state index contributed by atoms with van der Waals surface area (Å²) in [6.07, 6.45) is 2.01. The highest BCUT2D eigenvalue weighted by Gasteiger charge is 2.29. The standard InChI is InChI=1S/C17H26FN3O2/c1-20(10-11-23-2)13-15-7-5-9-21(15)17(22)19-12-14-6-3-4-8-16(14)18/h3-4,6,8,15H,5,7,9-13H2,1-2H3,(H,19,22). The zero-order valence-corrected chi connectivity index (χ0v) is 13.9. The Hall–Kier alpha value is -1.66. The molecule has 128 valence electrons. The van der Waals surface area contributed by atoms with Crippen molar-refractivity contribution in [2.75, 3.05) is 40.4 Å². The molecule has 1 aliphatic rings. The third-order valence-electron chi connectivity index (χ3n) is 4.23. The molecule has 1 aliphatic heterocycles. The maximum absolute atomic E-state index is 13.6. The predicted molar refractivity (Wildman–Crippen MR) is 87.7 cm³/mol. The molecule has 0 aliphatic carbocycles. The first-order valence-corrected chi connectivity index (χ1v) is 8.07. The monoisotopic (exact) mass is 323 g/mol. The highest BCUT2D eigenvalue weighted by molar-refractivity contribution is 5.74. The molecule has 2 amide bonds. The summed E-state index contributed by atoms with van der Waals surface area (Å²) in [5, 5.41) is 2.83. The minimum absolute atomic E-state index is 0.115. The molecule has 0 bridgehead atoms. The molecular weight excluding hydrogens is 297 g/mol. The number of carbonyl (C=O) groups is 1. The summed E-state index contributed by atoms with van der Waals surface area (Å²) in [6, 6.07) is 6.61. The van der Waals surface area contributed by atoms with Crippen molar-refractivity contribution in [3.05, 3.63) is 35.6 Å². The fraction of sp³-hybridized carbons (Fsp3) is 0.588. The lowest BCUT2D eigenvalue weighted by atomic mass is 10.2. The minimum Gasteiger partial charge on any atom is -0.383 e. The quantitative estimate of drug-likeness (QED) is 0.835. The van der Waals surface area contributed by atoms with Gasteiger partial charge in [-0.1, -0.05) is 18.2 Å². The van der Waals surface area contributed by atoms with Crippen LogP contribution in [0.2, 0.25) is 0 Å². The molecule has 1 aromatic carbocycles. The van der Waals surface area contributed by atoms with Crippen LogP contribution in [0.15, 0.2) is 24.3 Å². The van der Waals surface area contributed by atoms with E-state index in [1.165, 1.54) is 6.07 Å². The summed E-state index contributed by atoms with van der Waals surface area (Å²) >= 11 is 0. The zero-order chi connectivity index (χ0) is 16.7. The van der Waals surface area contributed by atoms with Gasteiger partial charge in [0.05, 0.1) is 6.61 Å². The number of rotatable bonds is 7. The Morgan fingerprint density at radius 1 is 1.48 bits per heavy atom. The van der Waals surface area contributed by atoms with Crippen molar-refractivity contribution < 1.29 is 13.9 Å². The molecule has 1 aromatic rings. The van der Waals surface area contributed by atoms with Gasteiger partial charge in [0.1, 0.15) is 5.82 Å². The fourth-order valence-corrected chi connectivity index (χ4v) is 2.91. The number of hydrogen-bond donors (Lipinski definition) is 1. The maximum Gasteiger partial charge on any atom is 0.317 e. The number of halogens is 1. The lowest BCUT2D eigenvalue weighted by Gasteiger charge is -2.28. The largest absolute Gasteiger partial charge is 0.383 e. The molecule has 1 heterocycles. The van der Waals surface area contributed by atoms with Crippen LogP contribution in [0, 0.1) is 5.82 Å². The van der Waals surface area contributed by atoms with Gasteiger partial charge in [-0.15, -0.1) is 0 Å². The van der Waals surface area contributed by atoms with Gasteiger partial charge >= 0.3 is 6.03 Å². The molecule has 23 heavy (non-hydrogen) atoms. The van der Waals surface area contributed by atoms with E-state index < -0.39 is 0 Å². The third kappa shape index (κ3) is 5.18. The zero-order valence-electron chi connectivity index (χ0n) is 13.9. The van der Waals surface area contributed by atoms with Crippen molar-refractivity contribution >= 4 is 6.03 Å². The Labute approximate surface area is 137 Å². The van der Waals surface area contributed by atoms with Crippen molar-refractivity contribution in [2.45, 2.75) is 25.4 Å². The first-order chi connectivity index (χ1) is 11.1. The van der Waals surface area contributed by atoms with Gasteiger partial charge in [-0.2, -0.15) is 0 Å². The number of methoxy groups -OCH3 is 1. The van der Waals surface area contributed by atoms with Gasteiger partial charge in [0.15, 0.2) is 0 Å². The molecule has 0 saturated carbocycles. The van der Waals surface area contributed by atoms with Crippen LogP contribution in [-0.4, -0.2) is 62.3 Å². The molecule has 1 unspecified atom stereocenters. The third-order valence-corrected chi connectivity index (χ3v) is 4.23. The highest BCUT2D eigenvalue weighted by Crippen LogP contribution is 2.18. The van der Waals surface area contributed by atoms with Gasteiger partial charge in [0.2, 0.25) is 0 Å². The number of amides is 2. The van der Waals surface area contributed by atoms with Crippen molar-refractivity contribution in [1.82, 2.24) is 15.1 Å². The molecule has 1 saturated heterocycles. The number of nitrogens with zero attached hydrogens (tertiary/aromatic N) is 2. The summed E-state index contributed by atoms with van der Waals surface area (Å²) in [5.74, 6) is -0.287. The van der Waals surface area contributed by atoms with E-state index in [9.17, 15) is 9.18 Å². The summed E-state index contributed by atoms with van der Waals surface area (Å²) in [5.41, 5.74) is 0.508. The highest BCUT2D eigenvalue weighted by atomic mass is 19.1. The summed E-state index contributed by atoms with van der Waals surface area (Å²) in [4.78, 5) is 16.4. The second-order valence-corrected chi connectivity index (χ2v) is 5.99. The molecule has 6 heteroatoms. The number of nitrogens with one attached hydrogen (secondary N) is 1. The second kappa shape index (κ2) is 8.84. The number of benzene rings is 1. The molecule has 2 rings (SSSR count). The van der Waals surface area contributed by atoms with Gasteiger partial charge in [0, 0.05) is 44.9 Å². The number of likely N-dealkylation sites (tertiary alicyclic amines) is 1. The van der Waals surface area contributed by atoms with E-state index in [-0.39, 0.29) is 24.4 Å². The molecule has 0 aromatic heterocycles. The molecule has 5 nitrogen and oxygen atoms in total. The number of likely N-dealkylation sites (N-methyl/N-ethyl adjacent to an activating group) is 1. The smallest absolute Gasteiger partial charge is 0.317 e. The van der Waals surface area contributed by atoms with Gasteiger partial charge in [-0.3, -0.25) is 0 Å². The fourth-order valence-electron chi connectivity index (χ4n) is 2.91. The van der Waals surface area contributed by atoms with Gasteiger partial charge in [-0.25, -0.2) is 9.18 Å². The Bertz CT molecular complexity index is 512. The van der Waals surface area contributed by atoms with E-state index in [4.69, 9.17) is 4.74 Å². The van der Waals surface area contributed by atoms with Crippen LogP contribution in [-0.2, 0) is 11.3 Å². The Balaban J connectivity index is 1.84. The topological polar surface area (TPSA) is 44.8 Å². The first-order valence-electron chi connectivity index (χ1n) is 8.07. The van der Waals surface area contributed by atoms with Crippen LogP contribution >= 0.6 is 0 Å². The average Bonchev–Trinajstić information content (AvgIpc) is 3.00. The van der Waals surface area contributed by atoms with E-state index in [1.807, 2.05) is 11.9 Å². The van der Waals surface area contributed by atoms with Gasteiger partial charge in [0.25, 0.3) is 0 Å². The molecule has 1 N–H and O–H groups in total. The number of urea groups is 1. The second-order valence-electron chi connectivity index (χ2n) is 5.99. The van der Waals surface area contributed by atoms with Crippen molar-refractivity contribution in [2.24, 2.45) is 0 Å². The Morgan fingerprint density at radius 2 is 2.26 bits per heavy atom. The lowest BCUT2D eigenvalue weighted by molar-refractivity contribution is 0.140. The van der Waals surface area contributed by atoms with Crippen LogP contribution in [0.5, 0.6) is 0 Å². The summed E-state index contributed by atoms with van der Waals surface area (Å²) < 4.78 is 18.7. The summed E-state index contributed by atoms with van der Waals surface area (Å²) in [6.45, 7) is 3.33. The van der Waals surface area contributed by atoms with Crippen molar-refractivity contribution in [3.63, 3.8) is 0 Å². The Morgan fingerprint density at radius 3 is 3.00 bits per heavy atom. The molecule has 0 spiro atoms. The van der Waals surface area contributed by atoms with Crippen LogP contribution in [0.25, 0.3) is 0 Å². The number of ether oxygens (including phenoxy) is 1. The SMILES string of the molecule is COCCN(C)CC1CCCN1C(=O)NCc1ccccc1F. The van der Waals surface area contributed by atoms with Crippen LogP contribution in [0.4, 0.5) is 9.18 Å². The van der Waals surface area contributed by atoms with E-state index in [0.717, 1.165) is 32.5 Å². The van der Waals surface area contributed by atoms with Gasteiger partial charge in [-0.05, 0) is 26.0 Å². The molecule has 1 fully saturated rings. The van der Waals surface area contributed by atoms with Crippen LogP contribution < -0.4 is 5.32 Å². The van der Waals surface area contributed by atoms with E-state index in [1.54, 1.807) is 25.3 Å². The van der Waals surface area contributed by atoms with Crippen molar-refractivity contribution in [3.8, 4) is 0 Å². The minimum atomic E-state index is -0.287. The maximum atomic E-state index is 13.6. The van der Waals surface area contributed by atoms with Crippen LogP contribution in [0.1, 0.15) is 18.4 Å². The average molecular weight is 323 g/mol. The molecule has 1 atom stereocenters. The van der Waals surface area contributed by atoms with E-state index in [0.29, 0.717) is 12.2 Å². The van der Waals surface area contributed by atoms with Crippen LogP contribution in [0.3, 0.4) is 0 Å². The van der Waals surface area contributed by atoms with Crippen molar-refractivity contribution in [1.29, 1.82) is 0 Å². The summed E-state index contributed by atoms with van der Waals surface area (Å²) in [7, 11) is 3.72. The molecule has 0 radical (unpaired) electrons. The van der Waals surface area contributed by atoms with E-state index >= 15 is 0 Å². The lowest BCUT2D eigenvalue weighted by Crippen LogP contribution is -2.47. The number of hydrogen-bond acceptors (Lipinski definition) is 3. The van der Waals surface area contributed by atoms with E-state index in [2.05, 4.69) is 10.2 Å². The normalized spacial score (nSPS) is 17.7. The first kappa shape index (κ1) is 17.7. The van der Waals surface area contributed by atoms with Gasteiger partial charge < -0.3 is 19.9 Å². The molecular formula is C17H26FN3O2.